The van der Waals surface area contributed by atoms with Crippen LogP contribution < -0.4 is 10.2 Å². The molecule has 5 nitrogen and oxygen atoms in total. The van der Waals surface area contributed by atoms with Crippen LogP contribution in [0.25, 0.3) is 0 Å². The van der Waals surface area contributed by atoms with Gasteiger partial charge in [0.15, 0.2) is 0 Å². The normalized spacial score (nSPS) is 18.7. The zero-order valence-electron chi connectivity index (χ0n) is 11.6. The minimum atomic E-state index is 0.115. The molecule has 2 heterocycles. The van der Waals surface area contributed by atoms with Crippen molar-refractivity contribution >= 4 is 17.5 Å². The number of carbonyl (C=O) groups is 1. The minimum Gasteiger partial charge on any atom is -0.341 e. The van der Waals surface area contributed by atoms with E-state index in [0.29, 0.717) is 0 Å². The van der Waals surface area contributed by atoms with Crippen molar-refractivity contribution in [2.24, 2.45) is 5.92 Å². The summed E-state index contributed by atoms with van der Waals surface area (Å²) in [4.78, 5) is 23.2. The maximum atomic E-state index is 11.8. The van der Waals surface area contributed by atoms with Crippen LogP contribution in [-0.2, 0) is 4.79 Å². The van der Waals surface area contributed by atoms with Crippen molar-refractivity contribution < 1.29 is 4.79 Å². The van der Waals surface area contributed by atoms with Crippen molar-refractivity contribution in [1.29, 1.82) is 0 Å². The number of anilines is 2. The van der Waals surface area contributed by atoms with Crippen LogP contribution in [0.15, 0.2) is 0 Å². The summed E-state index contributed by atoms with van der Waals surface area (Å²) in [5, 5.41) is 2.98. The Morgan fingerprint density at radius 1 is 1.16 bits per heavy atom. The molecule has 2 fully saturated rings. The van der Waals surface area contributed by atoms with E-state index in [2.05, 4.69) is 20.2 Å². The van der Waals surface area contributed by atoms with E-state index >= 15 is 0 Å². The van der Waals surface area contributed by atoms with Gasteiger partial charge in [0.1, 0.15) is 0 Å². The molecule has 1 aliphatic carbocycles. The fourth-order valence-corrected chi connectivity index (χ4v) is 2.51. The number of rotatable bonds is 3. The van der Waals surface area contributed by atoms with E-state index in [0.717, 1.165) is 49.0 Å². The van der Waals surface area contributed by atoms with Gasteiger partial charge in [-0.05, 0) is 39.5 Å². The van der Waals surface area contributed by atoms with Crippen molar-refractivity contribution in [1.82, 2.24) is 9.97 Å². The molecule has 3 rings (SSSR count). The Balaban J connectivity index is 1.82. The van der Waals surface area contributed by atoms with Crippen LogP contribution in [0.1, 0.15) is 37.1 Å². The molecule has 1 N–H and O–H groups in total. The predicted octanol–water partition coefficient (Wildman–Crippen LogP) is 2.04. The summed E-state index contributed by atoms with van der Waals surface area (Å²) in [6, 6.07) is 0. The molecule has 0 unspecified atom stereocenters. The second kappa shape index (κ2) is 4.79. The minimum absolute atomic E-state index is 0.115. The van der Waals surface area contributed by atoms with Crippen molar-refractivity contribution in [3.05, 3.63) is 11.4 Å². The number of nitrogens with zero attached hydrogens (tertiary/aromatic N) is 3. The first-order valence-corrected chi connectivity index (χ1v) is 7.06. The van der Waals surface area contributed by atoms with Gasteiger partial charge >= 0.3 is 0 Å². The summed E-state index contributed by atoms with van der Waals surface area (Å²) < 4.78 is 0. The lowest BCUT2D eigenvalue weighted by Gasteiger charge is -2.18. The molecule has 1 amide bonds. The maximum Gasteiger partial charge on any atom is 0.227 e. The van der Waals surface area contributed by atoms with Gasteiger partial charge in [-0.1, -0.05) is 0 Å². The lowest BCUT2D eigenvalue weighted by Crippen LogP contribution is -2.23. The van der Waals surface area contributed by atoms with Gasteiger partial charge in [0.2, 0.25) is 11.9 Å². The van der Waals surface area contributed by atoms with Crippen molar-refractivity contribution in [3.8, 4) is 0 Å². The Morgan fingerprint density at radius 2 is 1.74 bits per heavy atom. The molecule has 0 atom stereocenters. The highest BCUT2D eigenvalue weighted by molar-refractivity contribution is 5.95. The lowest BCUT2D eigenvalue weighted by molar-refractivity contribution is -0.117. The molecule has 5 heteroatoms. The molecule has 1 saturated carbocycles. The number of carbonyl (C=O) groups excluding carboxylic acids is 1. The Bertz CT molecular complexity index is 481. The van der Waals surface area contributed by atoms with E-state index in [-0.39, 0.29) is 11.8 Å². The number of hydrogen-bond donors (Lipinski definition) is 1. The van der Waals surface area contributed by atoms with E-state index in [9.17, 15) is 4.79 Å². The Hall–Kier alpha value is -1.65. The smallest absolute Gasteiger partial charge is 0.227 e. The van der Waals surface area contributed by atoms with Crippen LogP contribution in [0.5, 0.6) is 0 Å². The van der Waals surface area contributed by atoms with Crippen LogP contribution in [0.4, 0.5) is 11.6 Å². The molecule has 1 aliphatic heterocycles. The molecule has 0 aromatic carbocycles. The Morgan fingerprint density at radius 3 is 2.26 bits per heavy atom. The third-order valence-electron chi connectivity index (χ3n) is 3.84. The zero-order chi connectivity index (χ0) is 13.4. The maximum absolute atomic E-state index is 11.8. The van der Waals surface area contributed by atoms with Crippen molar-refractivity contribution in [2.75, 3.05) is 23.3 Å². The molecule has 1 aromatic rings. The third-order valence-corrected chi connectivity index (χ3v) is 3.84. The second-order valence-corrected chi connectivity index (χ2v) is 5.53. The van der Waals surface area contributed by atoms with Crippen LogP contribution in [-0.4, -0.2) is 29.0 Å². The molecule has 19 heavy (non-hydrogen) atoms. The Labute approximate surface area is 113 Å². The standard InChI is InChI=1S/C14H20N4O/c1-9-12(17-13(19)11-5-6-11)10(2)16-14(15-9)18-7-3-4-8-18/h11H,3-8H2,1-2H3,(H,17,19). The largest absolute Gasteiger partial charge is 0.341 e. The topological polar surface area (TPSA) is 58.1 Å². The molecular weight excluding hydrogens is 240 g/mol. The zero-order valence-corrected chi connectivity index (χ0v) is 11.6. The number of aryl methyl sites for hydroxylation is 2. The van der Waals surface area contributed by atoms with Gasteiger partial charge in [-0.15, -0.1) is 0 Å². The highest BCUT2D eigenvalue weighted by atomic mass is 16.2. The summed E-state index contributed by atoms with van der Waals surface area (Å²) in [5.74, 6) is 1.12. The molecule has 1 saturated heterocycles. The number of aromatic nitrogens is 2. The number of nitrogens with one attached hydrogen (secondary N) is 1. The van der Waals surface area contributed by atoms with Crippen LogP contribution in [0.2, 0.25) is 0 Å². The molecule has 102 valence electrons. The number of hydrogen-bond acceptors (Lipinski definition) is 4. The summed E-state index contributed by atoms with van der Waals surface area (Å²) in [5.41, 5.74) is 2.52. The van der Waals surface area contributed by atoms with E-state index < -0.39 is 0 Å². The summed E-state index contributed by atoms with van der Waals surface area (Å²) in [6.45, 7) is 5.95. The SMILES string of the molecule is Cc1nc(N2CCCC2)nc(C)c1NC(=O)C1CC1. The third kappa shape index (κ3) is 2.55. The first-order valence-electron chi connectivity index (χ1n) is 7.06. The predicted molar refractivity (Wildman–Crippen MR) is 74.3 cm³/mol. The van der Waals surface area contributed by atoms with E-state index in [1.165, 1.54) is 12.8 Å². The molecular formula is C14H20N4O. The van der Waals surface area contributed by atoms with Crippen molar-refractivity contribution in [3.63, 3.8) is 0 Å². The first kappa shape index (κ1) is 12.4. The van der Waals surface area contributed by atoms with Gasteiger partial charge in [0, 0.05) is 19.0 Å². The number of amides is 1. The fourth-order valence-electron chi connectivity index (χ4n) is 2.51. The van der Waals surface area contributed by atoms with E-state index in [1.807, 2.05) is 13.8 Å². The molecule has 1 aromatic heterocycles. The highest BCUT2D eigenvalue weighted by Crippen LogP contribution is 2.31. The fraction of sp³-hybridized carbons (Fsp3) is 0.643. The van der Waals surface area contributed by atoms with Crippen LogP contribution in [0, 0.1) is 19.8 Å². The average Bonchev–Trinajstić information content (AvgIpc) is 3.09. The molecule has 2 aliphatic rings. The Kier molecular flexibility index (Phi) is 3.12. The summed E-state index contributed by atoms with van der Waals surface area (Å²) in [7, 11) is 0. The molecule has 0 bridgehead atoms. The summed E-state index contributed by atoms with van der Waals surface area (Å²) in [6.07, 6.45) is 4.44. The van der Waals surface area contributed by atoms with Gasteiger partial charge in [-0.25, -0.2) is 9.97 Å². The lowest BCUT2D eigenvalue weighted by atomic mass is 10.2. The van der Waals surface area contributed by atoms with Crippen LogP contribution in [0.3, 0.4) is 0 Å². The van der Waals surface area contributed by atoms with Gasteiger partial charge < -0.3 is 10.2 Å². The van der Waals surface area contributed by atoms with Gasteiger partial charge in [-0.2, -0.15) is 0 Å². The van der Waals surface area contributed by atoms with Gasteiger partial charge in [0.05, 0.1) is 17.1 Å². The monoisotopic (exact) mass is 260 g/mol. The quantitative estimate of drug-likeness (QED) is 0.903. The highest BCUT2D eigenvalue weighted by Gasteiger charge is 2.30. The van der Waals surface area contributed by atoms with E-state index in [4.69, 9.17) is 0 Å². The van der Waals surface area contributed by atoms with Gasteiger partial charge in [0.25, 0.3) is 0 Å². The second-order valence-electron chi connectivity index (χ2n) is 5.53. The van der Waals surface area contributed by atoms with Crippen LogP contribution >= 0.6 is 0 Å². The first-order chi connectivity index (χ1) is 9.15. The molecule has 0 radical (unpaired) electrons. The average molecular weight is 260 g/mol. The van der Waals surface area contributed by atoms with Gasteiger partial charge in [-0.3, -0.25) is 4.79 Å². The van der Waals surface area contributed by atoms with Crippen molar-refractivity contribution in [2.45, 2.75) is 39.5 Å². The summed E-state index contributed by atoms with van der Waals surface area (Å²) >= 11 is 0. The molecule has 0 spiro atoms. The van der Waals surface area contributed by atoms with E-state index in [1.54, 1.807) is 0 Å².